The molecule has 0 spiro atoms. The van der Waals surface area contributed by atoms with Crippen LogP contribution >= 0.6 is 23.2 Å². The lowest BCUT2D eigenvalue weighted by Crippen LogP contribution is -2.03. The molecule has 1 atom stereocenters. The lowest BCUT2D eigenvalue weighted by Gasteiger charge is -2.10. The highest BCUT2D eigenvalue weighted by Crippen LogP contribution is 2.27. The van der Waals surface area contributed by atoms with Crippen molar-refractivity contribution in [2.75, 3.05) is 0 Å². The molecular formula is C9H9Cl2NO2. The largest absolute Gasteiger partial charge is 0.481 e. The van der Waals surface area contributed by atoms with Crippen molar-refractivity contribution in [2.45, 2.75) is 19.3 Å². The summed E-state index contributed by atoms with van der Waals surface area (Å²) in [5, 5.41) is 9.37. The molecule has 0 aliphatic heterocycles. The van der Waals surface area contributed by atoms with Gasteiger partial charge in [0.15, 0.2) is 0 Å². The fourth-order valence-electron chi connectivity index (χ4n) is 1.15. The van der Waals surface area contributed by atoms with E-state index in [4.69, 9.17) is 28.3 Å². The van der Waals surface area contributed by atoms with Crippen LogP contribution in [0.2, 0.25) is 10.2 Å². The summed E-state index contributed by atoms with van der Waals surface area (Å²) < 4.78 is 0. The molecule has 1 heterocycles. The second-order valence-electron chi connectivity index (χ2n) is 3.03. The molecule has 0 aliphatic rings. The molecule has 0 aliphatic carbocycles. The van der Waals surface area contributed by atoms with E-state index in [2.05, 4.69) is 4.98 Å². The fourth-order valence-corrected chi connectivity index (χ4v) is 1.70. The standard InChI is InChI=1S/C9H9Cl2NO2/c1-5(2-9(13)14)6-4-12-8(11)3-7(6)10/h3-5H,2H2,1H3,(H,13,14). The Morgan fingerprint density at radius 3 is 2.79 bits per heavy atom. The smallest absolute Gasteiger partial charge is 0.303 e. The average Bonchev–Trinajstić information content (AvgIpc) is 2.01. The Hall–Kier alpha value is -0.800. The summed E-state index contributed by atoms with van der Waals surface area (Å²) in [5.74, 6) is -1.02. The molecule has 5 heteroatoms. The number of carboxylic acid groups (broad SMARTS) is 1. The normalized spacial score (nSPS) is 12.5. The van der Waals surface area contributed by atoms with Crippen LogP contribution in [-0.4, -0.2) is 16.1 Å². The number of carbonyl (C=O) groups is 1. The Kier molecular flexibility index (Phi) is 3.72. The molecule has 1 N–H and O–H groups in total. The first-order chi connectivity index (χ1) is 6.50. The molecule has 0 saturated heterocycles. The highest BCUT2D eigenvalue weighted by molar-refractivity contribution is 6.34. The van der Waals surface area contributed by atoms with Crippen LogP contribution in [0.3, 0.4) is 0 Å². The van der Waals surface area contributed by atoms with Crippen molar-refractivity contribution in [3.8, 4) is 0 Å². The summed E-state index contributed by atoms with van der Waals surface area (Å²) in [4.78, 5) is 14.3. The van der Waals surface area contributed by atoms with E-state index in [0.29, 0.717) is 15.7 Å². The molecule has 1 unspecified atom stereocenters. The Morgan fingerprint density at radius 1 is 1.64 bits per heavy atom. The number of aliphatic carboxylic acids is 1. The van der Waals surface area contributed by atoms with Gasteiger partial charge >= 0.3 is 5.97 Å². The van der Waals surface area contributed by atoms with Gasteiger partial charge in [-0.15, -0.1) is 0 Å². The fraction of sp³-hybridized carbons (Fsp3) is 0.333. The van der Waals surface area contributed by atoms with Gasteiger partial charge in [-0.2, -0.15) is 0 Å². The number of aromatic nitrogens is 1. The van der Waals surface area contributed by atoms with E-state index in [0.717, 1.165) is 0 Å². The van der Waals surface area contributed by atoms with Crippen LogP contribution in [-0.2, 0) is 4.79 Å². The number of nitrogens with zero attached hydrogens (tertiary/aromatic N) is 1. The third-order valence-electron chi connectivity index (χ3n) is 1.86. The van der Waals surface area contributed by atoms with Crippen LogP contribution in [0.25, 0.3) is 0 Å². The highest BCUT2D eigenvalue weighted by atomic mass is 35.5. The van der Waals surface area contributed by atoms with Crippen LogP contribution in [0.4, 0.5) is 0 Å². The highest BCUT2D eigenvalue weighted by Gasteiger charge is 2.13. The van der Waals surface area contributed by atoms with E-state index >= 15 is 0 Å². The first kappa shape index (κ1) is 11.3. The van der Waals surface area contributed by atoms with E-state index in [9.17, 15) is 4.79 Å². The average molecular weight is 234 g/mol. The molecule has 14 heavy (non-hydrogen) atoms. The van der Waals surface area contributed by atoms with Gasteiger partial charge in [0.2, 0.25) is 0 Å². The molecule has 0 aromatic carbocycles. The van der Waals surface area contributed by atoms with Gasteiger partial charge in [-0.25, -0.2) is 4.98 Å². The first-order valence-electron chi connectivity index (χ1n) is 4.03. The van der Waals surface area contributed by atoms with Gasteiger partial charge in [0.1, 0.15) is 5.15 Å². The Balaban J connectivity index is 2.90. The number of carboxylic acids is 1. The first-order valence-corrected chi connectivity index (χ1v) is 4.79. The number of rotatable bonds is 3. The van der Waals surface area contributed by atoms with Crippen LogP contribution in [0.1, 0.15) is 24.8 Å². The lowest BCUT2D eigenvalue weighted by atomic mass is 10.00. The van der Waals surface area contributed by atoms with Crippen molar-refractivity contribution in [1.82, 2.24) is 4.98 Å². The van der Waals surface area contributed by atoms with E-state index in [-0.39, 0.29) is 12.3 Å². The van der Waals surface area contributed by atoms with Gasteiger partial charge in [-0.05, 0) is 17.5 Å². The van der Waals surface area contributed by atoms with Crippen LogP contribution in [0.5, 0.6) is 0 Å². The molecule has 1 aromatic heterocycles. The molecule has 0 amide bonds. The minimum Gasteiger partial charge on any atom is -0.481 e. The van der Waals surface area contributed by atoms with Crippen LogP contribution < -0.4 is 0 Å². The summed E-state index contributed by atoms with van der Waals surface area (Å²) in [6.07, 6.45) is 1.54. The quantitative estimate of drug-likeness (QED) is 0.818. The predicted octanol–water partition coefficient (Wildman–Crippen LogP) is 2.97. The van der Waals surface area contributed by atoms with Crippen LogP contribution in [0.15, 0.2) is 12.3 Å². The van der Waals surface area contributed by atoms with E-state index in [1.165, 1.54) is 12.3 Å². The van der Waals surface area contributed by atoms with Gasteiger partial charge < -0.3 is 5.11 Å². The number of pyridine rings is 1. The van der Waals surface area contributed by atoms with Gasteiger partial charge in [0.25, 0.3) is 0 Å². The summed E-state index contributed by atoms with van der Waals surface area (Å²) in [5.41, 5.74) is 0.707. The monoisotopic (exact) mass is 233 g/mol. The van der Waals surface area contributed by atoms with Crippen molar-refractivity contribution >= 4 is 29.2 Å². The van der Waals surface area contributed by atoms with Gasteiger partial charge in [0, 0.05) is 11.2 Å². The molecule has 0 radical (unpaired) electrons. The van der Waals surface area contributed by atoms with E-state index in [1.807, 2.05) is 0 Å². The molecule has 0 fully saturated rings. The second-order valence-corrected chi connectivity index (χ2v) is 3.82. The minimum absolute atomic E-state index is 0.0308. The minimum atomic E-state index is -0.858. The summed E-state index contributed by atoms with van der Waals surface area (Å²) in [6.45, 7) is 1.78. The van der Waals surface area contributed by atoms with Crippen molar-refractivity contribution in [2.24, 2.45) is 0 Å². The van der Waals surface area contributed by atoms with Crippen molar-refractivity contribution in [1.29, 1.82) is 0 Å². The molecular weight excluding hydrogens is 225 g/mol. The zero-order chi connectivity index (χ0) is 10.7. The Labute approximate surface area is 91.7 Å². The molecule has 76 valence electrons. The maximum absolute atomic E-state index is 10.5. The molecule has 0 bridgehead atoms. The van der Waals surface area contributed by atoms with Crippen molar-refractivity contribution in [3.63, 3.8) is 0 Å². The third kappa shape index (κ3) is 2.86. The topological polar surface area (TPSA) is 50.2 Å². The summed E-state index contributed by atoms with van der Waals surface area (Å²) >= 11 is 11.5. The second kappa shape index (κ2) is 4.62. The van der Waals surface area contributed by atoms with Crippen LogP contribution in [0, 0.1) is 0 Å². The van der Waals surface area contributed by atoms with Crippen molar-refractivity contribution in [3.05, 3.63) is 28.0 Å². The maximum atomic E-state index is 10.5. The van der Waals surface area contributed by atoms with Crippen molar-refractivity contribution < 1.29 is 9.90 Å². The lowest BCUT2D eigenvalue weighted by molar-refractivity contribution is -0.137. The number of hydrogen-bond donors (Lipinski definition) is 1. The maximum Gasteiger partial charge on any atom is 0.303 e. The van der Waals surface area contributed by atoms with Gasteiger partial charge in [-0.1, -0.05) is 30.1 Å². The zero-order valence-electron chi connectivity index (χ0n) is 7.50. The summed E-state index contributed by atoms with van der Waals surface area (Å²) in [6, 6.07) is 1.51. The number of halogens is 2. The summed E-state index contributed by atoms with van der Waals surface area (Å²) in [7, 11) is 0. The molecule has 3 nitrogen and oxygen atoms in total. The SMILES string of the molecule is CC(CC(=O)O)c1cnc(Cl)cc1Cl. The van der Waals surface area contributed by atoms with E-state index in [1.54, 1.807) is 6.92 Å². The zero-order valence-corrected chi connectivity index (χ0v) is 9.01. The van der Waals surface area contributed by atoms with Gasteiger partial charge in [0.05, 0.1) is 6.42 Å². The molecule has 1 aromatic rings. The predicted molar refractivity (Wildman–Crippen MR) is 54.9 cm³/mol. The van der Waals surface area contributed by atoms with E-state index < -0.39 is 5.97 Å². The third-order valence-corrected chi connectivity index (χ3v) is 2.39. The molecule has 1 rings (SSSR count). The Bertz CT molecular complexity index is 355. The number of hydrogen-bond acceptors (Lipinski definition) is 2. The Morgan fingerprint density at radius 2 is 2.29 bits per heavy atom. The molecule has 0 saturated carbocycles. The van der Waals surface area contributed by atoms with Gasteiger partial charge in [-0.3, -0.25) is 4.79 Å².